The second kappa shape index (κ2) is 12.7. The molecule has 3 aromatic rings. The van der Waals surface area contributed by atoms with E-state index in [0.717, 1.165) is 24.3 Å². The number of nitrogens with zero attached hydrogens (tertiary/aromatic N) is 4. The first kappa shape index (κ1) is 32.6. The summed E-state index contributed by atoms with van der Waals surface area (Å²) >= 11 is 0. The predicted octanol–water partition coefficient (Wildman–Crippen LogP) is 7.17. The summed E-state index contributed by atoms with van der Waals surface area (Å²) in [4.78, 5) is 21.7. The SMILES string of the molecule is CC(C)(C)OC(=O)/N=C(\N)N1CCCC1c1nc(-c2ccc(OCCCc3ccc(C(F)(F)F)cc3)c(C(F)(F)F)c2)no1. The zero-order valence-corrected chi connectivity index (χ0v) is 24.1. The lowest BCUT2D eigenvalue weighted by Gasteiger charge is -2.23. The van der Waals surface area contributed by atoms with Crippen molar-refractivity contribution in [2.24, 2.45) is 10.7 Å². The minimum absolute atomic E-state index is 0.0318. The Balaban J connectivity index is 1.43. The molecule has 15 heteroatoms. The number of nitrogens with two attached hydrogens (primary N) is 1. The fourth-order valence-corrected chi connectivity index (χ4v) is 4.56. The summed E-state index contributed by atoms with van der Waals surface area (Å²) in [5, 5.41) is 3.85. The number of hydrogen-bond acceptors (Lipinski definition) is 6. The fraction of sp³-hybridized carbons (Fsp3) is 0.448. The summed E-state index contributed by atoms with van der Waals surface area (Å²) in [7, 11) is 0. The molecule has 238 valence electrons. The van der Waals surface area contributed by atoms with Crippen molar-refractivity contribution < 1.29 is 45.1 Å². The van der Waals surface area contributed by atoms with Gasteiger partial charge in [0.05, 0.1) is 17.7 Å². The molecule has 1 unspecified atom stereocenters. The molecule has 1 fully saturated rings. The first-order valence-corrected chi connectivity index (χ1v) is 13.7. The molecule has 0 aliphatic carbocycles. The second-order valence-electron chi connectivity index (χ2n) is 11.1. The van der Waals surface area contributed by atoms with Crippen LogP contribution in [0.15, 0.2) is 52.0 Å². The smallest absolute Gasteiger partial charge is 0.437 e. The van der Waals surface area contributed by atoms with Crippen molar-refractivity contribution in [3.8, 4) is 17.1 Å². The van der Waals surface area contributed by atoms with Crippen molar-refractivity contribution in [1.82, 2.24) is 15.0 Å². The molecule has 0 radical (unpaired) electrons. The monoisotopic (exact) mass is 627 g/mol. The third-order valence-electron chi connectivity index (χ3n) is 6.56. The number of guanidine groups is 1. The van der Waals surface area contributed by atoms with Crippen LogP contribution in [0.4, 0.5) is 31.1 Å². The lowest BCUT2D eigenvalue weighted by molar-refractivity contribution is -0.139. The van der Waals surface area contributed by atoms with E-state index in [1.807, 2.05) is 0 Å². The molecule has 0 saturated carbocycles. The highest BCUT2D eigenvalue weighted by molar-refractivity contribution is 5.89. The summed E-state index contributed by atoms with van der Waals surface area (Å²) < 4.78 is 96.0. The number of benzene rings is 2. The highest BCUT2D eigenvalue weighted by Gasteiger charge is 2.36. The maximum Gasteiger partial charge on any atom is 0.437 e. The Kier molecular flexibility index (Phi) is 9.44. The molecule has 2 aromatic carbocycles. The van der Waals surface area contributed by atoms with Gasteiger partial charge in [0.2, 0.25) is 17.7 Å². The fourth-order valence-electron chi connectivity index (χ4n) is 4.56. The van der Waals surface area contributed by atoms with Crippen LogP contribution in [0.5, 0.6) is 5.75 Å². The van der Waals surface area contributed by atoms with E-state index in [1.54, 1.807) is 25.7 Å². The van der Waals surface area contributed by atoms with E-state index < -0.39 is 47.0 Å². The standard InChI is InChI=1S/C29H31F6N5O4/c1-27(2,3)43-26(41)38-25(36)40-14-4-7-21(40)24-37-23(39-44-24)18-10-13-22(20(16-18)29(33,34)35)42-15-5-6-17-8-11-19(12-9-17)28(30,31)32/h8-13,16,21H,4-7,14-15H2,1-3H3,(H2,36,38,41). The van der Waals surface area contributed by atoms with E-state index in [1.165, 1.54) is 18.2 Å². The Morgan fingerprint density at radius 1 is 1.07 bits per heavy atom. The van der Waals surface area contributed by atoms with Gasteiger partial charge < -0.3 is 24.6 Å². The molecule has 2 N–H and O–H groups in total. The van der Waals surface area contributed by atoms with Crippen LogP contribution in [0, 0.1) is 0 Å². The summed E-state index contributed by atoms with van der Waals surface area (Å²) in [5.41, 5.74) is 4.07. The van der Waals surface area contributed by atoms with Gasteiger partial charge in [0.1, 0.15) is 17.4 Å². The van der Waals surface area contributed by atoms with Gasteiger partial charge in [-0.2, -0.15) is 31.3 Å². The van der Waals surface area contributed by atoms with E-state index in [2.05, 4.69) is 15.1 Å². The summed E-state index contributed by atoms with van der Waals surface area (Å²) in [6, 6.07) is 7.38. The molecule has 0 spiro atoms. The highest BCUT2D eigenvalue weighted by Crippen LogP contribution is 2.39. The Labute approximate surface area is 249 Å². The van der Waals surface area contributed by atoms with Crippen molar-refractivity contribution in [1.29, 1.82) is 0 Å². The minimum atomic E-state index is -4.76. The Morgan fingerprint density at radius 2 is 1.77 bits per heavy atom. The van der Waals surface area contributed by atoms with Crippen molar-refractivity contribution in [2.75, 3.05) is 13.2 Å². The summed E-state index contributed by atoms with van der Waals surface area (Å²) in [5.74, 6) is -0.517. The predicted molar refractivity (Wildman–Crippen MR) is 147 cm³/mol. The van der Waals surface area contributed by atoms with Crippen molar-refractivity contribution in [2.45, 2.75) is 70.4 Å². The molecule has 1 aromatic heterocycles. The van der Waals surface area contributed by atoms with Gasteiger partial charge in [-0.1, -0.05) is 17.3 Å². The Bertz CT molecular complexity index is 1480. The lowest BCUT2D eigenvalue weighted by Crippen LogP contribution is -2.38. The number of hydrogen-bond donors (Lipinski definition) is 1. The third-order valence-corrected chi connectivity index (χ3v) is 6.56. The van der Waals surface area contributed by atoms with Gasteiger partial charge in [-0.25, -0.2) is 4.79 Å². The number of carbonyl (C=O) groups is 1. The van der Waals surface area contributed by atoms with E-state index in [9.17, 15) is 31.1 Å². The van der Waals surface area contributed by atoms with Gasteiger partial charge in [0, 0.05) is 12.1 Å². The normalized spacial score (nSPS) is 16.3. The van der Waals surface area contributed by atoms with Crippen LogP contribution in [0.3, 0.4) is 0 Å². The molecule has 44 heavy (non-hydrogen) atoms. The molecule has 1 saturated heterocycles. The molecule has 2 heterocycles. The van der Waals surface area contributed by atoms with Crippen LogP contribution < -0.4 is 10.5 Å². The zero-order valence-electron chi connectivity index (χ0n) is 24.1. The van der Waals surface area contributed by atoms with Gasteiger partial charge in [0.15, 0.2) is 0 Å². The van der Waals surface area contributed by atoms with Gasteiger partial charge in [-0.05, 0) is 82.3 Å². The number of likely N-dealkylation sites (tertiary alicyclic amines) is 1. The van der Waals surface area contributed by atoms with Crippen LogP contribution >= 0.6 is 0 Å². The molecule has 1 amide bonds. The molecule has 4 rings (SSSR count). The molecule has 1 aliphatic heterocycles. The topological polar surface area (TPSA) is 116 Å². The second-order valence-corrected chi connectivity index (χ2v) is 11.1. The highest BCUT2D eigenvalue weighted by atomic mass is 19.4. The number of ether oxygens (including phenoxy) is 2. The van der Waals surface area contributed by atoms with E-state index in [4.69, 9.17) is 19.7 Å². The first-order chi connectivity index (χ1) is 20.5. The van der Waals surface area contributed by atoms with Crippen LogP contribution in [0.25, 0.3) is 11.4 Å². The van der Waals surface area contributed by atoms with Gasteiger partial charge in [-0.15, -0.1) is 4.99 Å². The molecule has 9 nitrogen and oxygen atoms in total. The van der Waals surface area contributed by atoms with Crippen molar-refractivity contribution in [3.63, 3.8) is 0 Å². The minimum Gasteiger partial charge on any atom is -0.493 e. The third kappa shape index (κ3) is 8.41. The Hall–Kier alpha value is -4.30. The number of aliphatic imine (C=N–C) groups is 1. The summed E-state index contributed by atoms with van der Waals surface area (Å²) in [6.45, 7) is 5.39. The van der Waals surface area contributed by atoms with Crippen LogP contribution in [0.1, 0.15) is 68.7 Å². The van der Waals surface area contributed by atoms with Crippen LogP contribution in [0.2, 0.25) is 0 Å². The van der Waals surface area contributed by atoms with E-state index in [0.29, 0.717) is 31.4 Å². The van der Waals surface area contributed by atoms with E-state index >= 15 is 0 Å². The maximum absolute atomic E-state index is 13.9. The quantitative estimate of drug-likeness (QED) is 0.127. The largest absolute Gasteiger partial charge is 0.493 e. The summed E-state index contributed by atoms with van der Waals surface area (Å²) in [6.07, 6.45) is -8.30. The average molecular weight is 628 g/mol. The zero-order chi connectivity index (χ0) is 32.3. The molecule has 0 bridgehead atoms. The number of amides is 1. The number of alkyl halides is 6. The van der Waals surface area contributed by atoms with Crippen LogP contribution in [-0.4, -0.2) is 45.8 Å². The number of rotatable bonds is 7. The van der Waals surface area contributed by atoms with E-state index in [-0.39, 0.29) is 36.3 Å². The number of carbonyl (C=O) groups excluding carboxylic acids is 1. The molecular weight excluding hydrogens is 596 g/mol. The number of aryl methyl sites for hydroxylation is 1. The van der Waals surface area contributed by atoms with Gasteiger partial charge in [-0.3, -0.25) is 0 Å². The average Bonchev–Trinajstić information content (AvgIpc) is 3.59. The van der Waals surface area contributed by atoms with Gasteiger partial charge in [0.25, 0.3) is 0 Å². The lowest BCUT2D eigenvalue weighted by atomic mass is 10.1. The van der Waals surface area contributed by atoms with Gasteiger partial charge >= 0.3 is 18.4 Å². The number of aromatic nitrogens is 2. The number of halogens is 6. The molecule has 1 aliphatic rings. The van der Waals surface area contributed by atoms with Crippen LogP contribution in [-0.2, 0) is 23.5 Å². The van der Waals surface area contributed by atoms with Crippen molar-refractivity contribution in [3.05, 3.63) is 65.0 Å². The van der Waals surface area contributed by atoms with Crippen molar-refractivity contribution >= 4 is 12.1 Å². The molecular formula is C29H31F6N5O4. The maximum atomic E-state index is 13.9. The molecule has 1 atom stereocenters. The first-order valence-electron chi connectivity index (χ1n) is 13.7. The Morgan fingerprint density at radius 3 is 2.41 bits per heavy atom.